The molecule has 4 rings (SSSR count). The number of hydrogen-bond donors (Lipinski definition) is 1. The number of amides is 2. The molecule has 11 nitrogen and oxygen atoms in total. The van der Waals surface area contributed by atoms with Gasteiger partial charge in [-0.1, -0.05) is 61.7 Å². The third-order valence-electron chi connectivity index (χ3n) is 8.34. The molecule has 3 aromatic carbocycles. The molecule has 0 radical (unpaired) electrons. The molecule has 1 aliphatic rings. The van der Waals surface area contributed by atoms with Gasteiger partial charge in [0.2, 0.25) is 11.8 Å². The summed E-state index contributed by atoms with van der Waals surface area (Å²) in [5, 5.41) is 15.0. The van der Waals surface area contributed by atoms with Crippen molar-refractivity contribution in [1.82, 2.24) is 10.2 Å². The molecule has 0 aliphatic heterocycles. The van der Waals surface area contributed by atoms with E-state index in [0.29, 0.717) is 0 Å². The fourth-order valence-corrected chi connectivity index (χ4v) is 7.31. The molecule has 246 valence electrons. The number of aryl methyl sites for hydroxylation is 2. The van der Waals surface area contributed by atoms with Gasteiger partial charge in [0.15, 0.2) is 0 Å². The first-order valence-corrected chi connectivity index (χ1v) is 16.9. The van der Waals surface area contributed by atoms with Crippen molar-refractivity contribution in [3.8, 4) is 5.75 Å². The third kappa shape index (κ3) is 7.79. The molecule has 13 heteroatoms. The van der Waals surface area contributed by atoms with E-state index in [0.717, 1.165) is 47.2 Å². The molecule has 0 saturated heterocycles. The van der Waals surface area contributed by atoms with E-state index in [2.05, 4.69) is 5.32 Å². The second kappa shape index (κ2) is 15.0. The van der Waals surface area contributed by atoms with Crippen molar-refractivity contribution in [2.24, 2.45) is 0 Å². The van der Waals surface area contributed by atoms with E-state index in [1.54, 1.807) is 6.92 Å². The van der Waals surface area contributed by atoms with Gasteiger partial charge in [-0.2, -0.15) is 0 Å². The summed E-state index contributed by atoms with van der Waals surface area (Å²) in [5.74, 6) is -0.844. The Morgan fingerprint density at radius 3 is 2.39 bits per heavy atom. The normalized spacial score (nSPS) is 14.0. The molecule has 1 atom stereocenters. The Hall–Kier alpha value is -4.16. The van der Waals surface area contributed by atoms with Crippen LogP contribution in [0.25, 0.3) is 0 Å². The largest absolute Gasteiger partial charge is 0.495 e. The molecule has 1 saturated carbocycles. The molecule has 0 heterocycles. The maximum atomic E-state index is 14.4. The first kappa shape index (κ1) is 34.7. The summed E-state index contributed by atoms with van der Waals surface area (Å²) in [6.07, 6.45) is 4.03. The average Bonchev–Trinajstić information content (AvgIpc) is 3.53. The van der Waals surface area contributed by atoms with Gasteiger partial charge in [0.25, 0.3) is 15.7 Å². The summed E-state index contributed by atoms with van der Waals surface area (Å²) in [5.41, 5.74) is 1.55. The molecule has 1 fully saturated rings. The highest BCUT2D eigenvalue weighted by Crippen LogP contribution is 2.36. The molecule has 0 aromatic heterocycles. The topological polar surface area (TPSA) is 139 Å². The summed E-state index contributed by atoms with van der Waals surface area (Å²) in [6.45, 7) is 4.52. The summed E-state index contributed by atoms with van der Waals surface area (Å²) in [4.78, 5) is 40.2. The fourth-order valence-electron chi connectivity index (χ4n) is 5.70. The Balaban J connectivity index is 1.82. The van der Waals surface area contributed by atoms with Crippen molar-refractivity contribution in [2.75, 3.05) is 18.0 Å². The van der Waals surface area contributed by atoms with Gasteiger partial charge in [0.05, 0.1) is 22.6 Å². The van der Waals surface area contributed by atoms with Crippen LogP contribution in [0.5, 0.6) is 5.75 Å². The van der Waals surface area contributed by atoms with Gasteiger partial charge in [-0.05, 0) is 68.5 Å². The molecule has 46 heavy (non-hydrogen) atoms. The van der Waals surface area contributed by atoms with E-state index in [4.69, 9.17) is 16.3 Å². The van der Waals surface area contributed by atoms with Gasteiger partial charge in [-0.15, -0.1) is 0 Å². The summed E-state index contributed by atoms with van der Waals surface area (Å²) in [7, 11) is -3.27. The van der Waals surface area contributed by atoms with E-state index in [9.17, 15) is 28.1 Å². The average molecular weight is 671 g/mol. The van der Waals surface area contributed by atoms with E-state index in [1.807, 2.05) is 31.2 Å². The number of nitro benzene ring substituents is 1. The van der Waals surface area contributed by atoms with E-state index < -0.39 is 38.3 Å². The number of nitrogens with zero attached hydrogens (tertiary/aromatic N) is 3. The van der Waals surface area contributed by atoms with Gasteiger partial charge >= 0.3 is 0 Å². The van der Waals surface area contributed by atoms with Gasteiger partial charge in [0.1, 0.15) is 18.3 Å². The number of sulfonamides is 1. The van der Waals surface area contributed by atoms with Crippen molar-refractivity contribution < 1.29 is 27.7 Å². The Morgan fingerprint density at radius 2 is 1.76 bits per heavy atom. The minimum atomic E-state index is -4.61. The first-order chi connectivity index (χ1) is 21.9. The van der Waals surface area contributed by atoms with E-state index in [1.165, 1.54) is 49.3 Å². The monoisotopic (exact) mass is 670 g/mol. The summed E-state index contributed by atoms with van der Waals surface area (Å²) < 4.78 is 35.0. The lowest BCUT2D eigenvalue weighted by atomic mass is 10.1. The summed E-state index contributed by atoms with van der Waals surface area (Å²) in [6, 6.07) is 14.5. The molecular weight excluding hydrogens is 632 g/mol. The Labute approximate surface area is 274 Å². The standard InChI is InChI=1S/C33H39ClN4O7S/c1-5-28(33(40)35-26-12-8-9-13-26)36(20-24-11-7-6-10-22(24)2)32(39)21-37(30-18-25(34)15-17-31(30)45-4)46(43,44)27-16-14-23(3)29(19-27)38(41)42/h6-7,10-11,14-19,26,28H,5,8-9,12-13,20-21H2,1-4H3,(H,35,40). The minimum Gasteiger partial charge on any atom is -0.495 e. The zero-order valence-electron chi connectivity index (χ0n) is 26.4. The highest BCUT2D eigenvalue weighted by Gasteiger charge is 2.36. The molecule has 0 spiro atoms. The fraction of sp³-hybridized carbons (Fsp3) is 0.394. The predicted octanol–water partition coefficient (Wildman–Crippen LogP) is 5.94. The molecule has 1 unspecified atom stereocenters. The number of carbonyl (C=O) groups excluding carboxylic acids is 2. The number of hydrogen-bond acceptors (Lipinski definition) is 7. The van der Waals surface area contributed by atoms with E-state index in [-0.39, 0.29) is 52.6 Å². The van der Waals surface area contributed by atoms with Crippen molar-refractivity contribution >= 4 is 44.8 Å². The maximum absolute atomic E-state index is 14.4. The quantitative estimate of drug-likeness (QED) is 0.176. The lowest BCUT2D eigenvalue weighted by Crippen LogP contribution is -2.53. The number of ether oxygens (including phenoxy) is 1. The van der Waals surface area contributed by atoms with Crippen molar-refractivity contribution in [2.45, 2.75) is 76.4 Å². The van der Waals surface area contributed by atoms with Crippen LogP contribution >= 0.6 is 11.6 Å². The molecule has 1 N–H and O–H groups in total. The zero-order valence-corrected chi connectivity index (χ0v) is 27.9. The zero-order chi connectivity index (χ0) is 33.6. The number of carbonyl (C=O) groups is 2. The minimum absolute atomic E-state index is 0.0156. The van der Waals surface area contributed by atoms with Gasteiger partial charge in [0, 0.05) is 29.2 Å². The second-order valence-electron chi connectivity index (χ2n) is 11.4. The Kier molecular flexibility index (Phi) is 11.3. The molecular formula is C33H39ClN4O7S. The molecule has 2 amide bonds. The Morgan fingerprint density at radius 1 is 1.07 bits per heavy atom. The van der Waals surface area contributed by atoms with Gasteiger partial charge in [-0.3, -0.25) is 24.0 Å². The highest BCUT2D eigenvalue weighted by molar-refractivity contribution is 7.92. The van der Waals surface area contributed by atoms with Crippen LogP contribution in [0.4, 0.5) is 11.4 Å². The SMILES string of the molecule is CCC(C(=O)NC1CCCC1)N(Cc1ccccc1C)C(=O)CN(c1cc(Cl)ccc1OC)S(=O)(=O)c1ccc(C)c([N+](=O)[O-])c1. The second-order valence-corrected chi connectivity index (χ2v) is 13.7. The van der Waals surface area contributed by atoms with Crippen molar-refractivity contribution in [3.63, 3.8) is 0 Å². The van der Waals surface area contributed by atoms with Crippen LogP contribution in [0.2, 0.25) is 5.02 Å². The number of benzene rings is 3. The van der Waals surface area contributed by atoms with E-state index >= 15 is 0 Å². The number of anilines is 1. The van der Waals surface area contributed by atoms with Crippen molar-refractivity contribution in [3.05, 3.63) is 92.5 Å². The smallest absolute Gasteiger partial charge is 0.273 e. The van der Waals surface area contributed by atoms with Crippen molar-refractivity contribution in [1.29, 1.82) is 0 Å². The van der Waals surface area contributed by atoms with Crippen LogP contribution in [-0.2, 0) is 26.2 Å². The van der Waals surface area contributed by atoms with Gasteiger partial charge in [-0.25, -0.2) is 8.42 Å². The third-order valence-corrected chi connectivity index (χ3v) is 10.3. The Bertz CT molecular complexity index is 1710. The first-order valence-electron chi connectivity index (χ1n) is 15.1. The van der Waals surface area contributed by atoms with Gasteiger partial charge < -0.3 is 15.0 Å². The van der Waals surface area contributed by atoms with Crippen LogP contribution in [0.1, 0.15) is 55.7 Å². The predicted molar refractivity (Wildman–Crippen MR) is 177 cm³/mol. The number of halogens is 1. The molecule has 1 aliphatic carbocycles. The lowest BCUT2D eigenvalue weighted by Gasteiger charge is -2.34. The van der Waals surface area contributed by atoms with Crippen LogP contribution in [-0.4, -0.2) is 55.8 Å². The summed E-state index contributed by atoms with van der Waals surface area (Å²) >= 11 is 6.31. The maximum Gasteiger partial charge on any atom is 0.273 e. The van der Waals surface area contributed by atoms with Crippen LogP contribution in [0.3, 0.4) is 0 Å². The van der Waals surface area contributed by atoms with Crippen LogP contribution < -0.4 is 14.4 Å². The number of nitro groups is 1. The van der Waals surface area contributed by atoms with Crippen LogP contribution in [0, 0.1) is 24.0 Å². The number of methoxy groups -OCH3 is 1. The lowest BCUT2D eigenvalue weighted by molar-refractivity contribution is -0.385. The van der Waals surface area contributed by atoms with Crippen LogP contribution in [0.15, 0.2) is 65.6 Å². The number of rotatable bonds is 13. The highest BCUT2D eigenvalue weighted by atomic mass is 35.5. The number of nitrogens with one attached hydrogen (secondary N) is 1. The molecule has 0 bridgehead atoms. The molecule has 3 aromatic rings.